The number of ketones is 1. The minimum absolute atomic E-state index is 0.0131. The minimum Gasteiger partial charge on any atom is -0.493 e. The third-order valence-corrected chi connectivity index (χ3v) is 6.10. The number of benzene rings is 2. The molecule has 2 aromatic carbocycles. The lowest BCUT2D eigenvalue weighted by Gasteiger charge is -2.27. The van der Waals surface area contributed by atoms with Gasteiger partial charge in [-0.3, -0.25) is 9.59 Å². The van der Waals surface area contributed by atoms with Gasteiger partial charge in [-0.15, -0.1) is 0 Å². The summed E-state index contributed by atoms with van der Waals surface area (Å²) in [5.74, 6) is -4.32. The van der Waals surface area contributed by atoms with Crippen LogP contribution in [0.2, 0.25) is 0 Å². The van der Waals surface area contributed by atoms with Crippen molar-refractivity contribution in [3.05, 3.63) is 59.7 Å². The number of alkyl halides is 2. The molecule has 0 spiro atoms. The fourth-order valence-electron chi connectivity index (χ4n) is 4.18. The molecule has 5 nitrogen and oxygen atoms in total. The summed E-state index contributed by atoms with van der Waals surface area (Å²) < 4.78 is 39.6. The number of aliphatic carboxylic acids is 1. The zero-order chi connectivity index (χ0) is 23.2. The highest BCUT2D eigenvalue weighted by molar-refractivity contribution is 5.99. The van der Waals surface area contributed by atoms with Gasteiger partial charge in [-0.2, -0.15) is 8.78 Å². The molecule has 7 heteroatoms. The molecular weight excluding hydrogens is 418 g/mol. The van der Waals surface area contributed by atoms with Crippen molar-refractivity contribution >= 4 is 11.8 Å². The van der Waals surface area contributed by atoms with Gasteiger partial charge >= 0.3 is 11.9 Å². The Hall–Kier alpha value is -2.96. The summed E-state index contributed by atoms with van der Waals surface area (Å²) >= 11 is 0. The number of carboxylic acid groups (broad SMARTS) is 1. The molecule has 2 aromatic rings. The monoisotopic (exact) mass is 446 g/mol. The molecule has 1 fully saturated rings. The molecule has 1 N–H and O–H groups in total. The van der Waals surface area contributed by atoms with Crippen molar-refractivity contribution in [2.45, 2.75) is 50.9 Å². The Morgan fingerprint density at radius 3 is 2.25 bits per heavy atom. The second kappa shape index (κ2) is 10.1. The van der Waals surface area contributed by atoms with Gasteiger partial charge in [0, 0.05) is 17.5 Å². The SMILES string of the molecule is COc1ccc(C(=O)CC2(C(=O)O)CCCCCC2)cc1OCC(F)(F)c1ccccc1. The molecule has 0 aromatic heterocycles. The van der Waals surface area contributed by atoms with Crippen LogP contribution in [0.15, 0.2) is 48.5 Å². The molecule has 0 heterocycles. The predicted octanol–water partition coefficient (Wildman–Crippen LogP) is 5.86. The molecule has 3 rings (SSSR count). The Labute approximate surface area is 186 Å². The Bertz CT molecular complexity index is 935. The minimum atomic E-state index is -3.24. The zero-order valence-electron chi connectivity index (χ0n) is 18.1. The number of carbonyl (C=O) groups is 2. The molecule has 0 atom stereocenters. The Morgan fingerprint density at radius 1 is 1.00 bits per heavy atom. The number of Topliss-reactive ketones (excluding diaryl/α,β-unsaturated/α-hetero) is 1. The van der Waals surface area contributed by atoms with Gasteiger partial charge in [0.05, 0.1) is 12.5 Å². The number of methoxy groups -OCH3 is 1. The van der Waals surface area contributed by atoms with Crippen LogP contribution in [0.3, 0.4) is 0 Å². The van der Waals surface area contributed by atoms with Crippen LogP contribution in [-0.4, -0.2) is 30.6 Å². The summed E-state index contributed by atoms with van der Waals surface area (Å²) in [6, 6.07) is 11.7. The summed E-state index contributed by atoms with van der Waals surface area (Å²) in [6.07, 6.45) is 4.23. The van der Waals surface area contributed by atoms with Crippen LogP contribution in [0.1, 0.15) is 60.9 Å². The van der Waals surface area contributed by atoms with Crippen molar-refractivity contribution < 1.29 is 33.0 Å². The van der Waals surface area contributed by atoms with E-state index in [9.17, 15) is 23.5 Å². The van der Waals surface area contributed by atoms with E-state index in [1.54, 1.807) is 6.07 Å². The van der Waals surface area contributed by atoms with E-state index in [0.29, 0.717) is 12.8 Å². The average Bonchev–Trinajstić information content (AvgIpc) is 3.04. The van der Waals surface area contributed by atoms with Crippen molar-refractivity contribution in [2.24, 2.45) is 5.41 Å². The molecule has 0 amide bonds. The molecule has 172 valence electrons. The first-order chi connectivity index (χ1) is 15.3. The Kier molecular flexibility index (Phi) is 7.48. The second-order valence-electron chi connectivity index (χ2n) is 8.32. The average molecular weight is 446 g/mol. The Balaban J connectivity index is 1.79. The second-order valence-corrected chi connectivity index (χ2v) is 8.32. The molecule has 1 aliphatic rings. The number of hydrogen-bond donors (Lipinski definition) is 1. The largest absolute Gasteiger partial charge is 0.493 e. The highest BCUT2D eigenvalue weighted by Gasteiger charge is 2.41. The number of carboxylic acids is 1. The third-order valence-electron chi connectivity index (χ3n) is 6.10. The summed E-state index contributed by atoms with van der Waals surface area (Å²) in [5.41, 5.74) is -1.05. The van der Waals surface area contributed by atoms with Gasteiger partial charge in [-0.05, 0) is 31.0 Å². The molecule has 1 saturated carbocycles. The van der Waals surface area contributed by atoms with Gasteiger partial charge in [0.25, 0.3) is 0 Å². The van der Waals surface area contributed by atoms with Crippen LogP contribution in [0.4, 0.5) is 8.78 Å². The van der Waals surface area contributed by atoms with Crippen molar-refractivity contribution in [3.63, 3.8) is 0 Å². The van der Waals surface area contributed by atoms with E-state index in [0.717, 1.165) is 25.7 Å². The van der Waals surface area contributed by atoms with Gasteiger partial charge in [0.15, 0.2) is 23.9 Å². The lowest BCUT2D eigenvalue weighted by atomic mass is 9.75. The fourth-order valence-corrected chi connectivity index (χ4v) is 4.18. The van der Waals surface area contributed by atoms with E-state index < -0.39 is 23.9 Å². The summed E-state index contributed by atoms with van der Waals surface area (Å²) in [4.78, 5) is 25.0. The van der Waals surface area contributed by atoms with Crippen molar-refractivity contribution in [1.29, 1.82) is 0 Å². The first kappa shape index (κ1) is 23.7. The quantitative estimate of drug-likeness (QED) is 0.386. The maximum atomic E-state index is 14.5. The summed E-state index contributed by atoms with van der Waals surface area (Å²) in [7, 11) is 1.38. The molecule has 32 heavy (non-hydrogen) atoms. The number of carbonyl (C=O) groups excluding carboxylic acids is 1. The maximum absolute atomic E-state index is 14.5. The van der Waals surface area contributed by atoms with Gasteiger partial charge < -0.3 is 14.6 Å². The summed E-state index contributed by atoms with van der Waals surface area (Å²) in [5, 5.41) is 9.85. The normalized spacial score (nSPS) is 16.1. The topological polar surface area (TPSA) is 72.8 Å². The van der Waals surface area contributed by atoms with Crippen LogP contribution >= 0.6 is 0 Å². The molecule has 0 radical (unpaired) electrons. The van der Waals surface area contributed by atoms with Crippen molar-refractivity contribution in [1.82, 2.24) is 0 Å². The van der Waals surface area contributed by atoms with Crippen molar-refractivity contribution in [3.8, 4) is 11.5 Å². The number of ether oxygens (including phenoxy) is 2. The molecule has 0 aliphatic heterocycles. The van der Waals surface area contributed by atoms with Crippen molar-refractivity contribution in [2.75, 3.05) is 13.7 Å². The van der Waals surface area contributed by atoms with E-state index in [-0.39, 0.29) is 34.8 Å². The predicted molar refractivity (Wildman–Crippen MR) is 116 cm³/mol. The third kappa shape index (κ3) is 5.44. The van der Waals surface area contributed by atoms with Crippen LogP contribution in [0, 0.1) is 5.41 Å². The van der Waals surface area contributed by atoms with Gasteiger partial charge in [-0.25, -0.2) is 0 Å². The fraction of sp³-hybridized carbons (Fsp3) is 0.440. The van der Waals surface area contributed by atoms with Gasteiger partial charge in [0.1, 0.15) is 0 Å². The van der Waals surface area contributed by atoms with E-state index in [1.807, 2.05) is 0 Å². The van der Waals surface area contributed by atoms with Gasteiger partial charge in [0.2, 0.25) is 0 Å². The van der Waals surface area contributed by atoms with Crippen LogP contribution < -0.4 is 9.47 Å². The zero-order valence-corrected chi connectivity index (χ0v) is 18.1. The molecule has 0 unspecified atom stereocenters. The number of halogens is 2. The van der Waals surface area contributed by atoms with Crippen LogP contribution in [-0.2, 0) is 10.7 Å². The van der Waals surface area contributed by atoms with E-state index >= 15 is 0 Å². The molecule has 1 aliphatic carbocycles. The maximum Gasteiger partial charge on any atom is 0.310 e. The molecular formula is C25H28F2O5. The van der Waals surface area contributed by atoms with E-state index in [4.69, 9.17) is 9.47 Å². The number of rotatable bonds is 9. The van der Waals surface area contributed by atoms with Gasteiger partial charge in [-0.1, -0.05) is 56.0 Å². The lowest BCUT2D eigenvalue weighted by molar-refractivity contribution is -0.149. The standard InChI is InChI=1S/C25H28F2O5/c1-31-21-12-11-18(20(28)16-24(23(29)30)13-7-2-3-8-14-24)15-22(21)32-17-25(26,27)19-9-5-4-6-10-19/h4-6,9-12,15H,2-3,7-8,13-14,16-17H2,1H3,(H,29,30). The van der Waals surface area contributed by atoms with Crippen LogP contribution in [0.5, 0.6) is 11.5 Å². The smallest absolute Gasteiger partial charge is 0.310 e. The number of hydrogen-bond acceptors (Lipinski definition) is 4. The van der Waals surface area contributed by atoms with E-state index in [2.05, 4.69) is 0 Å². The first-order valence-corrected chi connectivity index (χ1v) is 10.8. The lowest BCUT2D eigenvalue weighted by Crippen LogP contribution is -2.33. The first-order valence-electron chi connectivity index (χ1n) is 10.8. The highest BCUT2D eigenvalue weighted by Crippen LogP contribution is 2.40. The summed E-state index contributed by atoms with van der Waals surface area (Å²) in [6.45, 7) is -0.927. The Morgan fingerprint density at radius 2 is 1.66 bits per heavy atom. The van der Waals surface area contributed by atoms with Crippen LogP contribution in [0.25, 0.3) is 0 Å². The highest BCUT2D eigenvalue weighted by atomic mass is 19.3. The molecule has 0 saturated heterocycles. The van der Waals surface area contributed by atoms with E-state index in [1.165, 1.54) is 49.6 Å². The molecule has 0 bridgehead atoms.